The Bertz CT molecular complexity index is 465. The lowest BCUT2D eigenvalue weighted by Gasteiger charge is -2.33. The van der Waals surface area contributed by atoms with E-state index in [1.807, 2.05) is 9.80 Å². The summed E-state index contributed by atoms with van der Waals surface area (Å²) in [5.41, 5.74) is 0. The van der Waals surface area contributed by atoms with Crippen molar-refractivity contribution in [1.29, 1.82) is 5.26 Å². The molecule has 0 spiro atoms. The summed E-state index contributed by atoms with van der Waals surface area (Å²) in [5.74, 6) is -0.119. The van der Waals surface area contributed by atoms with Gasteiger partial charge in [-0.15, -0.1) is 0 Å². The van der Waals surface area contributed by atoms with Crippen molar-refractivity contribution in [1.82, 2.24) is 9.80 Å². The average Bonchev–Trinajstić information content (AvgIpc) is 3.05. The van der Waals surface area contributed by atoms with Crippen LogP contribution in [0, 0.1) is 35.0 Å². The second-order valence-electron chi connectivity index (χ2n) is 6.60. The van der Waals surface area contributed by atoms with Gasteiger partial charge in [0.15, 0.2) is 0 Å². The summed E-state index contributed by atoms with van der Waals surface area (Å²) in [5, 5.41) is 18.0. The van der Waals surface area contributed by atoms with E-state index in [1.165, 1.54) is 0 Å². The van der Waals surface area contributed by atoms with Gasteiger partial charge in [0, 0.05) is 32.1 Å². The highest BCUT2D eigenvalue weighted by molar-refractivity contribution is 5.75. The topological polar surface area (TPSA) is 84.6 Å². The number of piperidine rings is 1. The molecule has 2 heterocycles. The number of aliphatic carboxylic acids is 1. The molecule has 3 aliphatic rings. The van der Waals surface area contributed by atoms with Crippen LogP contribution in [0.25, 0.3) is 0 Å². The molecular formula is C15H21N3O3. The van der Waals surface area contributed by atoms with Crippen LogP contribution in [0.2, 0.25) is 0 Å². The van der Waals surface area contributed by atoms with Crippen LogP contribution in [0.15, 0.2) is 0 Å². The highest BCUT2D eigenvalue weighted by Gasteiger charge is 2.45. The second kappa shape index (κ2) is 5.55. The molecule has 2 aliphatic heterocycles. The normalized spacial score (nSPS) is 32.8. The van der Waals surface area contributed by atoms with Crippen molar-refractivity contribution in [2.45, 2.75) is 25.7 Å². The third-order valence-corrected chi connectivity index (χ3v) is 5.32. The molecular weight excluding hydrogens is 270 g/mol. The molecule has 0 bridgehead atoms. The van der Waals surface area contributed by atoms with Crippen LogP contribution in [-0.2, 0) is 4.79 Å². The molecule has 0 aromatic rings. The number of hydrogen-bond donors (Lipinski definition) is 1. The van der Waals surface area contributed by atoms with Crippen LogP contribution >= 0.6 is 0 Å². The minimum atomic E-state index is -0.694. The lowest BCUT2D eigenvalue weighted by molar-refractivity contribution is -0.141. The van der Waals surface area contributed by atoms with Crippen molar-refractivity contribution in [3.8, 4) is 6.07 Å². The number of carboxylic acid groups (broad SMARTS) is 1. The van der Waals surface area contributed by atoms with E-state index in [0.29, 0.717) is 50.9 Å². The Morgan fingerprint density at radius 3 is 2.10 bits per heavy atom. The number of amides is 2. The first kappa shape index (κ1) is 14.2. The van der Waals surface area contributed by atoms with E-state index in [9.17, 15) is 9.59 Å². The summed E-state index contributed by atoms with van der Waals surface area (Å²) in [6, 6.07) is 2.35. The number of nitrogens with zero attached hydrogens (tertiary/aromatic N) is 3. The quantitative estimate of drug-likeness (QED) is 0.791. The fourth-order valence-corrected chi connectivity index (χ4v) is 4.06. The smallest absolute Gasteiger partial charge is 0.320 e. The van der Waals surface area contributed by atoms with Crippen LogP contribution in [-0.4, -0.2) is 53.1 Å². The van der Waals surface area contributed by atoms with Gasteiger partial charge in [-0.3, -0.25) is 4.79 Å². The number of hydrogen-bond acceptors (Lipinski definition) is 3. The summed E-state index contributed by atoms with van der Waals surface area (Å²) in [4.78, 5) is 27.3. The Hall–Kier alpha value is -1.77. The molecule has 21 heavy (non-hydrogen) atoms. The first-order valence-electron chi connectivity index (χ1n) is 7.74. The first-order valence-corrected chi connectivity index (χ1v) is 7.74. The number of carbonyl (C=O) groups excluding carboxylic acids is 1. The van der Waals surface area contributed by atoms with Gasteiger partial charge in [0.25, 0.3) is 0 Å². The highest BCUT2D eigenvalue weighted by Crippen LogP contribution is 2.41. The molecule has 1 saturated carbocycles. The fraction of sp³-hybridized carbons (Fsp3) is 0.800. The summed E-state index contributed by atoms with van der Waals surface area (Å²) >= 11 is 0. The van der Waals surface area contributed by atoms with E-state index in [4.69, 9.17) is 10.4 Å². The predicted molar refractivity (Wildman–Crippen MR) is 74.2 cm³/mol. The van der Waals surface area contributed by atoms with Crippen molar-refractivity contribution in [3.05, 3.63) is 0 Å². The van der Waals surface area contributed by atoms with Gasteiger partial charge in [-0.25, -0.2) is 4.79 Å². The number of rotatable bonds is 1. The minimum Gasteiger partial charge on any atom is -0.481 e. The van der Waals surface area contributed by atoms with Gasteiger partial charge in [0.1, 0.15) is 0 Å². The van der Waals surface area contributed by atoms with E-state index < -0.39 is 5.97 Å². The molecule has 1 aliphatic carbocycles. The number of carbonyl (C=O) groups is 2. The Labute approximate surface area is 124 Å². The average molecular weight is 291 g/mol. The number of carboxylic acids is 1. The zero-order chi connectivity index (χ0) is 15.0. The SMILES string of the molecule is N#CC1CCN(C(=O)N2C[C@H]3CC(C(=O)O)C[C@H]3C2)CC1. The maximum atomic E-state index is 12.5. The largest absolute Gasteiger partial charge is 0.481 e. The molecule has 114 valence electrons. The van der Waals surface area contributed by atoms with Crippen LogP contribution in [0.1, 0.15) is 25.7 Å². The molecule has 3 fully saturated rings. The van der Waals surface area contributed by atoms with E-state index in [1.54, 1.807) is 0 Å². The fourth-order valence-electron chi connectivity index (χ4n) is 4.06. The molecule has 0 aromatic carbocycles. The summed E-state index contributed by atoms with van der Waals surface area (Å²) in [6.07, 6.45) is 2.95. The molecule has 6 heteroatoms. The van der Waals surface area contributed by atoms with Crippen molar-refractivity contribution < 1.29 is 14.7 Å². The molecule has 1 unspecified atom stereocenters. The van der Waals surface area contributed by atoms with Gasteiger partial charge in [0.2, 0.25) is 0 Å². The van der Waals surface area contributed by atoms with Crippen molar-refractivity contribution in [2.75, 3.05) is 26.2 Å². The van der Waals surface area contributed by atoms with Crippen molar-refractivity contribution in [2.24, 2.45) is 23.7 Å². The Kier molecular flexibility index (Phi) is 3.75. The van der Waals surface area contributed by atoms with Gasteiger partial charge in [-0.2, -0.15) is 5.26 Å². The van der Waals surface area contributed by atoms with Crippen LogP contribution in [0.5, 0.6) is 0 Å². The number of likely N-dealkylation sites (tertiary alicyclic amines) is 2. The van der Waals surface area contributed by atoms with E-state index in [-0.39, 0.29) is 17.9 Å². The van der Waals surface area contributed by atoms with Crippen molar-refractivity contribution in [3.63, 3.8) is 0 Å². The standard InChI is InChI=1S/C15H21N3O3/c16-7-10-1-3-17(4-2-10)15(21)18-8-12-5-11(14(19)20)6-13(12)9-18/h10-13H,1-6,8-9H2,(H,19,20)/t11?,12-,13+. The Balaban J connectivity index is 1.53. The van der Waals surface area contributed by atoms with Gasteiger partial charge in [-0.05, 0) is 37.5 Å². The van der Waals surface area contributed by atoms with E-state index in [0.717, 1.165) is 12.8 Å². The number of urea groups is 1. The maximum absolute atomic E-state index is 12.5. The zero-order valence-electron chi connectivity index (χ0n) is 12.1. The Morgan fingerprint density at radius 2 is 1.62 bits per heavy atom. The Morgan fingerprint density at radius 1 is 1.05 bits per heavy atom. The third-order valence-electron chi connectivity index (χ3n) is 5.32. The molecule has 3 atom stereocenters. The van der Waals surface area contributed by atoms with Crippen LogP contribution in [0.3, 0.4) is 0 Å². The van der Waals surface area contributed by atoms with E-state index >= 15 is 0 Å². The highest BCUT2D eigenvalue weighted by atomic mass is 16.4. The van der Waals surface area contributed by atoms with Gasteiger partial charge < -0.3 is 14.9 Å². The number of fused-ring (bicyclic) bond motifs is 1. The summed E-state index contributed by atoms with van der Waals surface area (Å²) in [6.45, 7) is 2.73. The zero-order valence-corrected chi connectivity index (χ0v) is 12.1. The molecule has 6 nitrogen and oxygen atoms in total. The maximum Gasteiger partial charge on any atom is 0.320 e. The van der Waals surface area contributed by atoms with E-state index in [2.05, 4.69) is 6.07 Å². The molecule has 1 N–H and O–H groups in total. The number of nitriles is 1. The lowest BCUT2D eigenvalue weighted by Crippen LogP contribution is -2.46. The summed E-state index contributed by atoms with van der Waals surface area (Å²) in [7, 11) is 0. The lowest BCUT2D eigenvalue weighted by atomic mass is 9.99. The van der Waals surface area contributed by atoms with Gasteiger partial charge in [-0.1, -0.05) is 0 Å². The summed E-state index contributed by atoms with van der Waals surface area (Å²) < 4.78 is 0. The molecule has 0 radical (unpaired) electrons. The van der Waals surface area contributed by atoms with Crippen molar-refractivity contribution >= 4 is 12.0 Å². The molecule has 2 saturated heterocycles. The van der Waals surface area contributed by atoms with Crippen LogP contribution < -0.4 is 0 Å². The monoisotopic (exact) mass is 291 g/mol. The minimum absolute atomic E-state index is 0.0765. The van der Waals surface area contributed by atoms with Crippen LogP contribution in [0.4, 0.5) is 4.79 Å². The molecule has 3 rings (SSSR count). The second-order valence-corrected chi connectivity index (χ2v) is 6.60. The first-order chi connectivity index (χ1) is 10.1. The molecule has 2 amide bonds. The third kappa shape index (κ3) is 2.69. The van der Waals surface area contributed by atoms with Gasteiger partial charge >= 0.3 is 12.0 Å². The molecule has 0 aromatic heterocycles. The predicted octanol–water partition coefficient (Wildman–Crippen LogP) is 1.38. The van der Waals surface area contributed by atoms with Gasteiger partial charge in [0.05, 0.1) is 12.0 Å².